The summed E-state index contributed by atoms with van der Waals surface area (Å²) in [6, 6.07) is 7.77. The third-order valence-electron chi connectivity index (χ3n) is 3.68. The van der Waals surface area contributed by atoms with Gasteiger partial charge in [0.15, 0.2) is 0 Å². The molecule has 2 aromatic rings. The van der Waals surface area contributed by atoms with E-state index in [4.69, 9.17) is 5.11 Å². The average molecular weight is 445 g/mol. The van der Waals surface area contributed by atoms with Crippen molar-refractivity contribution in [3.05, 3.63) is 54.3 Å². The summed E-state index contributed by atoms with van der Waals surface area (Å²) in [6.45, 7) is 0. The maximum Gasteiger partial charge on any atom is 0.435 e. The van der Waals surface area contributed by atoms with Gasteiger partial charge in [-0.15, -0.1) is 0 Å². The van der Waals surface area contributed by atoms with Crippen LogP contribution in [0.5, 0.6) is 0 Å². The zero-order valence-corrected chi connectivity index (χ0v) is 14.7. The van der Waals surface area contributed by atoms with E-state index in [1.165, 1.54) is 18.2 Å². The molecule has 29 heavy (non-hydrogen) atoms. The summed E-state index contributed by atoms with van der Waals surface area (Å²) in [6.07, 6.45) is -12.9. The lowest BCUT2D eigenvalue weighted by Gasteiger charge is -2.30. The second kappa shape index (κ2) is 7.30. The van der Waals surface area contributed by atoms with Gasteiger partial charge >= 0.3 is 18.0 Å². The second-order valence-corrected chi connectivity index (χ2v) is 7.54. The summed E-state index contributed by atoms with van der Waals surface area (Å²) >= 11 is 0. The Hall–Kier alpha value is -2.67. The number of nitrogens with one attached hydrogen (secondary N) is 1. The first-order chi connectivity index (χ1) is 13.1. The first kappa shape index (κ1) is 22.6. The van der Waals surface area contributed by atoms with E-state index in [-0.39, 0.29) is 11.0 Å². The third kappa shape index (κ3) is 4.05. The number of hydrogen-bond donors (Lipinski definition) is 2. The molecule has 0 radical (unpaired) electrons. The Morgan fingerprint density at radius 3 is 1.86 bits per heavy atom. The Kier molecular flexibility index (Phi) is 5.69. The van der Waals surface area contributed by atoms with Gasteiger partial charge in [-0.3, -0.25) is 4.79 Å². The lowest BCUT2D eigenvalue weighted by molar-refractivity contribution is -0.348. The molecule has 0 bridgehead atoms. The van der Waals surface area contributed by atoms with E-state index in [1.54, 1.807) is 0 Å². The molecular weight excluding hydrogens is 435 g/mol. The van der Waals surface area contributed by atoms with E-state index in [9.17, 15) is 43.9 Å². The van der Waals surface area contributed by atoms with E-state index in [2.05, 4.69) is 0 Å². The number of anilines is 1. The SMILES string of the molecule is O=C(Nc1ccc(S(=O)(=O)c2ccccc2)c(F)c1)C(O)(C(F)(F)F)C(F)(F)F. The summed E-state index contributed by atoms with van der Waals surface area (Å²) < 4.78 is 115. The molecule has 158 valence electrons. The monoisotopic (exact) mass is 445 g/mol. The number of carbonyl (C=O) groups is 1. The highest BCUT2D eigenvalue weighted by Gasteiger charge is 2.75. The van der Waals surface area contributed by atoms with E-state index >= 15 is 0 Å². The summed E-state index contributed by atoms with van der Waals surface area (Å²) in [5.41, 5.74) is -6.70. The van der Waals surface area contributed by atoms with Crippen molar-refractivity contribution in [1.29, 1.82) is 0 Å². The Balaban J connectivity index is 2.40. The van der Waals surface area contributed by atoms with Crippen LogP contribution in [0.2, 0.25) is 0 Å². The van der Waals surface area contributed by atoms with Gasteiger partial charge in [0.2, 0.25) is 9.84 Å². The van der Waals surface area contributed by atoms with Crippen molar-refractivity contribution in [3.8, 4) is 0 Å². The molecule has 0 atom stereocenters. The number of rotatable bonds is 4. The molecule has 0 spiro atoms. The van der Waals surface area contributed by atoms with Crippen LogP contribution >= 0.6 is 0 Å². The Bertz CT molecular complexity index is 1000. The van der Waals surface area contributed by atoms with Crippen molar-refractivity contribution >= 4 is 21.4 Å². The van der Waals surface area contributed by atoms with Crippen LogP contribution in [0.25, 0.3) is 0 Å². The minimum atomic E-state index is -6.43. The average Bonchev–Trinajstić information content (AvgIpc) is 2.59. The quantitative estimate of drug-likeness (QED) is 0.707. The molecule has 0 aliphatic carbocycles. The molecule has 0 aromatic heterocycles. The molecule has 1 amide bonds. The molecule has 0 heterocycles. The van der Waals surface area contributed by atoms with E-state index in [0.717, 1.165) is 17.4 Å². The largest absolute Gasteiger partial charge is 0.435 e. The summed E-state index contributed by atoms with van der Waals surface area (Å²) in [5, 5.41) is 10.1. The number of sulfone groups is 1. The minimum absolute atomic E-state index is 0.209. The van der Waals surface area contributed by atoms with Crippen LogP contribution in [0, 0.1) is 5.82 Å². The highest BCUT2D eigenvalue weighted by atomic mass is 32.2. The third-order valence-corrected chi connectivity index (χ3v) is 5.48. The fourth-order valence-corrected chi connectivity index (χ4v) is 3.50. The molecule has 0 saturated carbocycles. The summed E-state index contributed by atoms with van der Waals surface area (Å²) in [7, 11) is -4.39. The molecule has 2 N–H and O–H groups in total. The number of alkyl halides is 6. The Morgan fingerprint density at radius 1 is 0.897 bits per heavy atom. The van der Waals surface area contributed by atoms with Crippen molar-refractivity contribution in [2.24, 2.45) is 0 Å². The molecule has 2 rings (SSSR count). The molecule has 5 nitrogen and oxygen atoms in total. The normalized spacial score (nSPS) is 13.2. The first-order valence-electron chi connectivity index (χ1n) is 7.39. The van der Waals surface area contributed by atoms with Gasteiger partial charge in [0.25, 0.3) is 5.91 Å². The van der Waals surface area contributed by atoms with Gasteiger partial charge in [-0.2, -0.15) is 26.3 Å². The molecule has 2 aromatic carbocycles. The van der Waals surface area contributed by atoms with Crippen LogP contribution in [0.4, 0.5) is 36.4 Å². The van der Waals surface area contributed by atoms with Crippen molar-refractivity contribution in [2.45, 2.75) is 27.7 Å². The van der Waals surface area contributed by atoms with Crippen molar-refractivity contribution in [3.63, 3.8) is 0 Å². The van der Waals surface area contributed by atoms with Gasteiger partial charge < -0.3 is 10.4 Å². The predicted molar refractivity (Wildman–Crippen MR) is 84.0 cm³/mol. The van der Waals surface area contributed by atoms with Crippen LogP contribution in [-0.2, 0) is 14.6 Å². The molecule has 0 aliphatic rings. The van der Waals surface area contributed by atoms with Crippen molar-refractivity contribution < 1.29 is 49.1 Å². The molecule has 13 heteroatoms. The smallest absolute Gasteiger partial charge is 0.366 e. The summed E-state index contributed by atoms with van der Waals surface area (Å²) in [5.74, 6) is -4.48. The molecular formula is C16H10F7NO4S. The van der Waals surface area contributed by atoms with E-state index < -0.39 is 50.1 Å². The number of carbonyl (C=O) groups excluding carboxylic acids is 1. The standard InChI is InChI=1S/C16H10F7NO4S/c17-11-8-9(24-13(25)14(26,15(18,19)20)16(21,22)23)6-7-12(11)29(27,28)10-4-2-1-3-5-10/h1-8,26H,(H,24,25). The van der Waals surface area contributed by atoms with Gasteiger partial charge in [-0.05, 0) is 30.3 Å². The zero-order chi connectivity index (χ0) is 22.3. The number of amides is 1. The minimum Gasteiger partial charge on any atom is -0.366 e. The van der Waals surface area contributed by atoms with Gasteiger partial charge in [0.1, 0.15) is 10.7 Å². The predicted octanol–water partition coefficient (Wildman–Crippen LogP) is 3.45. The second-order valence-electron chi connectivity index (χ2n) is 5.62. The van der Waals surface area contributed by atoms with E-state index in [1.807, 2.05) is 0 Å². The van der Waals surface area contributed by atoms with Crippen molar-refractivity contribution in [1.82, 2.24) is 0 Å². The lowest BCUT2D eigenvalue weighted by Crippen LogP contribution is -2.64. The maximum absolute atomic E-state index is 14.2. The number of aliphatic hydroxyl groups is 1. The topological polar surface area (TPSA) is 83.5 Å². The van der Waals surface area contributed by atoms with Gasteiger partial charge in [-0.25, -0.2) is 12.8 Å². The first-order valence-corrected chi connectivity index (χ1v) is 8.87. The van der Waals surface area contributed by atoms with Gasteiger partial charge in [0.05, 0.1) is 4.90 Å². The van der Waals surface area contributed by atoms with E-state index in [0.29, 0.717) is 12.1 Å². The number of halogens is 7. The van der Waals surface area contributed by atoms with Crippen LogP contribution in [0.15, 0.2) is 58.3 Å². The lowest BCUT2D eigenvalue weighted by atomic mass is 10.0. The van der Waals surface area contributed by atoms with Crippen LogP contribution in [0.1, 0.15) is 0 Å². The molecule has 0 aliphatic heterocycles. The van der Waals surface area contributed by atoms with Gasteiger partial charge in [-0.1, -0.05) is 18.2 Å². The summed E-state index contributed by atoms with van der Waals surface area (Å²) in [4.78, 5) is 10.3. The maximum atomic E-state index is 14.2. The molecule has 0 saturated heterocycles. The highest BCUT2D eigenvalue weighted by Crippen LogP contribution is 2.43. The Labute approximate surface area is 158 Å². The zero-order valence-electron chi connectivity index (χ0n) is 13.8. The Morgan fingerprint density at radius 2 is 1.41 bits per heavy atom. The number of benzene rings is 2. The fourth-order valence-electron chi connectivity index (χ4n) is 2.16. The van der Waals surface area contributed by atoms with Crippen LogP contribution in [-0.4, -0.2) is 37.4 Å². The molecule has 0 fully saturated rings. The highest BCUT2D eigenvalue weighted by molar-refractivity contribution is 7.91. The van der Waals surface area contributed by atoms with Crippen LogP contribution in [0.3, 0.4) is 0 Å². The van der Waals surface area contributed by atoms with Gasteiger partial charge in [0, 0.05) is 5.69 Å². The molecule has 0 unspecified atom stereocenters. The van der Waals surface area contributed by atoms with Crippen molar-refractivity contribution in [2.75, 3.05) is 5.32 Å². The fraction of sp³-hybridized carbons (Fsp3) is 0.188. The van der Waals surface area contributed by atoms with Crippen LogP contribution < -0.4 is 5.32 Å². The number of hydrogen-bond acceptors (Lipinski definition) is 4.